The van der Waals surface area contributed by atoms with Crippen LogP contribution in [0, 0.1) is 0 Å². The summed E-state index contributed by atoms with van der Waals surface area (Å²) in [5.74, 6) is -5.43. The summed E-state index contributed by atoms with van der Waals surface area (Å²) < 4.78 is 51.8. The van der Waals surface area contributed by atoms with Crippen LogP contribution in [0.4, 0.5) is 13.6 Å². The zero-order valence-electron chi connectivity index (χ0n) is 12.4. The van der Waals surface area contributed by atoms with Crippen LogP contribution in [0.1, 0.15) is 17.3 Å². The Morgan fingerprint density at radius 1 is 1.17 bits per heavy atom. The maximum absolute atomic E-state index is 12.4. The van der Waals surface area contributed by atoms with Crippen molar-refractivity contribution in [2.45, 2.75) is 17.6 Å². The number of rotatable bonds is 6. The molecule has 0 bridgehead atoms. The first kappa shape index (κ1) is 19.5. The Hall–Kier alpha value is -2.56. The summed E-state index contributed by atoms with van der Waals surface area (Å²) in [6.07, 6.45) is 0. The van der Waals surface area contributed by atoms with Gasteiger partial charge in [-0.2, -0.15) is 8.78 Å². The third kappa shape index (κ3) is 5.26. The number of urea groups is 1. The number of hydrogen-bond acceptors (Lipinski definition) is 6. The summed E-state index contributed by atoms with van der Waals surface area (Å²) >= 11 is 0. The quantitative estimate of drug-likeness (QED) is 0.717. The molecule has 0 heterocycles. The molecule has 1 aromatic carbocycles. The lowest BCUT2D eigenvalue weighted by atomic mass is 10.2. The van der Waals surface area contributed by atoms with Crippen LogP contribution in [0.2, 0.25) is 0 Å². The van der Waals surface area contributed by atoms with Gasteiger partial charge in [0, 0.05) is 6.54 Å². The molecule has 0 aliphatic rings. The van der Waals surface area contributed by atoms with Crippen LogP contribution < -0.4 is 10.6 Å². The zero-order chi connectivity index (χ0) is 18.3. The van der Waals surface area contributed by atoms with Gasteiger partial charge >= 0.3 is 17.8 Å². The van der Waals surface area contributed by atoms with Crippen LogP contribution in [0.15, 0.2) is 29.2 Å². The van der Waals surface area contributed by atoms with E-state index in [1.165, 1.54) is 0 Å². The highest BCUT2D eigenvalue weighted by Gasteiger charge is 2.26. The maximum atomic E-state index is 12.4. The van der Waals surface area contributed by atoms with E-state index < -0.39 is 45.0 Å². The van der Waals surface area contributed by atoms with Gasteiger partial charge in [0.05, 0.1) is 10.5 Å². The van der Waals surface area contributed by atoms with Crippen molar-refractivity contribution in [1.82, 2.24) is 10.6 Å². The molecular formula is C13H14F2N2O6S. The topological polar surface area (TPSA) is 119 Å². The Labute approximate surface area is 136 Å². The van der Waals surface area contributed by atoms with Gasteiger partial charge in [-0.05, 0) is 31.2 Å². The average molecular weight is 364 g/mol. The molecule has 0 radical (unpaired) electrons. The highest BCUT2D eigenvalue weighted by Crippen LogP contribution is 2.18. The normalized spacial score (nSPS) is 11.0. The number of carbonyl (C=O) groups excluding carboxylic acids is 3. The third-order valence-corrected chi connectivity index (χ3v) is 3.98. The van der Waals surface area contributed by atoms with Crippen LogP contribution >= 0.6 is 0 Å². The van der Waals surface area contributed by atoms with Gasteiger partial charge in [0.15, 0.2) is 6.61 Å². The average Bonchev–Trinajstić information content (AvgIpc) is 2.52. The molecule has 0 saturated carbocycles. The molecule has 2 N–H and O–H groups in total. The van der Waals surface area contributed by atoms with Crippen molar-refractivity contribution in [2.75, 3.05) is 13.2 Å². The first-order valence-electron chi connectivity index (χ1n) is 6.55. The molecule has 132 valence electrons. The minimum atomic E-state index is -4.76. The van der Waals surface area contributed by atoms with Crippen molar-refractivity contribution in [3.63, 3.8) is 0 Å². The van der Waals surface area contributed by atoms with Crippen LogP contribution in [0.5, 0.6) is 0 Å². The van der Waals surface area contributed by atoms with Crippen molar-refractivity contribution >= 4 is 27.7 Å². The fourth-order valence-corrected chi connectivity index (χ4v) is 2.19. The summed E-state index contributed by atoms with van der Waals surface area (Å²) in [5, 5.41) is 4.20. The number of imide groups is 1. The lowest BCUT2D eigenvalue weighted by Gasteiger charge is -2.07. The number of ether oxygens (including phenoxy) is 1. The van der Waals surface area contributed by atoms with Gasteiger partial charge in [-0.3, -0.25) is 10.1 Å². The molecule has 1 aromatic rings. The summed E-state index contributed by atoms with van der Waals surface area (Å²) in [6.45, 7) is 1.20. The minimum absolute atomic E-state index is 0.144. The van der Waals surface area contributed by atoms with Crippen molar-refractivity contribution in [2.24, 2.45) is 0 Å². The van der Waals surface area contributed by atoms with Gasteiger partial charge in [0.2, 0.25) is 9.84 Å². The Morgan fingerprint density at radius 2 is 1.75 bits per heavy atom. The van der Waals surface area contributed by atoms with Crippen molar-refractivity contribution in [1.29, 1.82) is 0 Å². The molecule has 1 rings (SSSR count). The van der Waals surface area contributed by atoms with Crippen LogP contribution in [-0.4, -0.2) is 45.2 Å². The molecular weight excluding hydrogens is 350 g/mol. The molecule has 3 amide bonds. The zero-order valence-corrected chi connectivity index (χ0v) is 13.2. The number of esters is 1. The minimum Gasteiger partial charge on any atom is -0.452 e. The molecule has 0 saturated heterocycles. The Kier molecular flexibility index (Phi) is 6.77. The van der Waals surface area contributed by atoms with Gasteiger partial charge in [0.1, 0.15) is 0 Å². The number of carbonyl (C=O) groups is 3. The number of alkyl halides is 2. The van der Waals surface area contributed by atoms with Gasteiger partial charge < -0.3 is 10.1 Å². The number of amides is 3. The van der Waals surface area contributed by atoms with E-state index in [-0.39, 0.29) is 5.56 Å². The monoisotopic (exact) mass is 364 g/mol. The van der Waals surface area contributed by atoms with Crippen molar-refractivity contribution in [3.8, 4) is 0 Å². The first-order valence-corrected chi connectivity index (χ1v) is 8.10. The smallest absolute Gasteiger partial charge is 0.341 e. The molecule has 0 unspecified atom stereocenters. The Morgan fingerprint density at radius 3 is 2.25 bits per heavy atom. The highest BCUT2D eigenvalue weighted by atomic mass is 32.2. The predicted molar refractivity (Wildman–Crippen MR) is 77.1 cm³/mol. The number of hydrogen-bond donors (Lipinski definition) is 2. The second-order valence-corrected chi connectivity index (χ2v) is 6.23. The molecule has 8 nitrogen and oxygen atoms in total. The lowest BCUT2D eigenvalue weighted by Crippen LogP contribution is -2.41. The molecule has 0 fully saturated rings. The van der Waals surface area contributed by atoms with Crippen molar-refractivity contribution < 1.29 is 36.3 Å². The highest BCUT2D eigenvalue weighted by molar-refractivity contribution is 7.91. The number of benzene rings is 1. The Bertz CT molecular complexity index is 718. The van der Waals surface area contributed by atoms with E-state index in [9.17, 15) is 31.6 Å². The van der Waals surface area contributed by atoms with Gasteiger partial charge in [0.25, 0.3) is 5.91 Å². The Balaban J connectivity index is 2.64. The fourth-order valence-electron chi connectivity index (χ4n) is 1.47. The molecule has 11 heteroatoms. The molecule has 0 atom stereocenters. The lowest BCUT2D eigenvalue weighted by molar-refractivity contribution is -0.123. The molecule has 0 aromatic heterocycles. The van der Waals surface area contributed by atoms with Gasteiger partial charge in [-0.1, -0.05) is 0 Å². The van der Waals surface area contributed by atoms with E-state index in [1.807, 2.05) is 5.32 Å². The third-order valence-electron chi connectivity index (χ3n) is 2.58. The second kappa shape index (κ2) is 8.34. The van der Waals surface area contributed by atoms with E-state index in [0.717, 1.165) is 24.3 Å². The maximum Gasteiger partial charge on any atom is 0.341 e. The molecule has 0 aliphatic heterocycles. The molecule has 0 spiro atoms. The summed E-state index contributed by atoms with van der Waals surface area (Å²) in [6, 6.07) is 2.85. The van der Waals surface area contributed by atoms with E-state index in [0.29, 0.717) is 6.54 Å². The summed E-state index contributed by atoms with van der Waals surface area (Å²) in [4.78, 5) is 33.4. The molecule has 24 heavy (non-hydrogen) atoms. The SMILES string of the molecule is CCNC(=O)NC(=O)COC(=O)c1ccc(S(=O)(=O)C(F)F)cc1. The van der Waals surface area contributed by atoms with Gasteiger partial charge in [-0.25, -0.2) is 18.0 Å². The van der Waals surface area contributed by atoms with E-state index in [1.54, 1.807) is 6.92 Å². The first-order chi connectivity index (χ1) is 11.2. The van der Waals surface area contributed by atoms with Crippen LogP contribution in [0.3, 0.4) is 0 Å². The van der Waals surface area contributed by atoms with E-state index in [4.69, 9.17) is 0 Å². The van der Waals surface area contributed by atoms with Crippen LogP contribution in [0.25, 0.3) is 0 Å². The number of sulfone groups is 1. The van der Waals surface area contributed by atoms with Crippen LogP contribution in [-0.2, 0) is 19.4 Å². The number of halogens is 2. The van der Waals surface area contributed by atoms with E-state index >= 15 is 0 Å². The van der Waals surface area contributed by atoms with Crippen molar-refractivity contribution in [3.05, 3.63) is 29.8 Å². The number of nitrogens with one attached hydrogen (secondary N) is 2. The summed E-state index contributed by atoms with van der Waals surface area (Å²) in [7, 11) is -4.76. The van der Waals surface area contributed by atoms with E-state index in [2.05, 4.69) is 10.1 Å². The van der Waals surface area contributed by atoms with Gasteiger partial charge in [-0.15, -0.1) is 0 Å². The largest absolute Gasteiger partial charge is 0.452 e. The second-order valence-electron chi connectivity index (χ2n) is 4.31. The summed E-state index contributed by atoms with van der Waals surface area (Å²) in [5.41, 5.74) is -0.144. The molecule has 0 aliphatic carbocycles. The standard InChI is InChI=1S/C13H14F2N2O6S/c1-2-16-13(20)17-10(18)7-23-11(19)8-3-5-9(6-4-8)24(21,22)12(14)15/h3-6,12H,2,7H2,1H3,(H2,16,17,18,20). The predicted octanol–water partition coefficient (Wildman–Crippen LogP) is 0.685. The fraction of sp³-hybridized carbons (Fsp3) is 0.308.